The van der Waals surface area contributed by atoms with Crippen molar-refractivity contribution in [2.24, 2.45) is 5.41 Å². The van der Waals surface area contributed by atoms with Gasteiger partial charge in [0.1, 0.15) is 5.75 Å². The highest BCUT2D eigenvalue weighted by atomic mass is 16.5. The maximum atomic E-state index is 10.5. The zero-order valence-corrected chi connectivity index (χ0v) is 11.3. The molecule has 0 spiro atoms. The van der Waals surface area contributed by atoms with E-state index in [2.05, 4.69) is 25.1 Å². The van der Waals surface area contributed by atoms with Crippen LogP contribution in [0.25, 0.3) is 0 Å². The molecule has 0 bridgehead atoms. The average molecular weight is 246 g/mol. The van der Waals surface area contributed by atoms with Crippen molar-refractivity contribution in [2.45, 2.75) is 51.6 Å². The van der Waals surface area contributed by atoms with Crippen LogP contribution in [0, 0.1) is 5.41 Å². The van der Waals surface area contributed by atoms with Crippen LogP contribution >= 0.6 is 0 Å². The van der Waals surface area contributed by atoms with Gasteiger partial charge in [-0.1, -0.05) is 19.1 Å². The molecule has 1 saturated carbocycles. The van der Waals surface area contributed by atoms with Gasteiger partial charge in [-0.25, -0.2) is 0 Å². The summed E-state index contributed by atoms with van der Waals surface area (Å²) >= 11 is 0. The third-order valence-corrected chi connectivity index (χ3v) is 4.95. The molecule has 18 heavy (non-hydrogen) atoms. The molecule has 1 aromatic carbocycles. The molecule has 0 radical (unpaired) electrons. The molecule has 1 aromatic rings. The molecule has 3 rings (SSSR count). The minimum absolute atomic E-state index is 0.160. The van der Waals surface area contributed by atoms with Crippen molar-refractivity contribution in [1.29, 1.82) is 0 Å². The molecule has 2 aliphatic rings. The lowest BCUT2D eigenvalue weighted by Gasteiger charge is -2.30. The van der Waals surface area contributed by atoms with E-state index in [4.69, 9.17) is 4.74 Å². The first-order valence-corrected chi connectivity index (χ1v) is 6.97. The first kappa shape index (κ1) is 12.0. The van der Waals surface area contributed by atoms with E-state index >= 15 is 0 Å². The highest BCUT2D eigenvalue weighted by Crippen LogP contribution is 2.55. The van der Waals surface area contributed by atoms with E-state index < -0.39 is 5.60 Å². The number of ether oxygens (including phenoxy) is 1. The van der Waals surface area contributed by atoms with E-state index in [0.717, 1.165) is 44.5 Å². The van der Waals surface area contributed by atoms with Gasteiger partial charge < -0.3 is 9.84 Å². The fraction of sp³-hybridized carbons (Fsp3) is 0.625. The van der Waals surface area contributed by atoms with Gasteiger partial charge in [0.2, 0.25) is 0 Å². The quantitative estimate of drug-likeness (QED) is 0.884. The van der Waals surface area contributed by atoms with Crippen LogP contribution in [0.5, 0.6) is 5.75 Å². The van der Waals surface area contributed by atoms with Crippen molar-refractivity contribution in [3.8, 4) is 5.75 Å². The Balaban J connectivity index is 1.67. The van der Waals surface area contributed by atoms with E-state index in [1.807, 2.05) is 6.92 Å². The Hall–Kier alpha value is -1.02. The molecule has 2 nitrogen and oxygen atoms in total. The summed E-state index contributed by atoms with van der Waals surface area (Å²) in [7, 11) is 0. The standard InChI is InChI=1S/C16H22O2/c1-15(8-9-15)16(2,17)7-5-12-3-4-14-13(11-12)6-10-18-14/h3-4,11,17H,5-10H2,1-2H3. The predicted octanol–water partition coefficient (Wildman–Crippen LogP) is 3.11. The first-order valence-electron chi connectivity index (χ1n) is 6.97. The van der Waals surface area contributed by atoms with E-state index in [9.17, 15) is 5.11 Å². The van der Waals surface area contributed by atoms with Gasteiger partial charge in [0.05, 0.1) is 12.2 Å². The Bertz CT molecular complexity index is 458. The minimum Gasteiger partial charge on any atom is -0.493 e. The van der Waals surface area contributed by atoms with Crippen LogP contribution in [0.4, 0.5) is 0 Å². The molecular formula is C16H22O2. The van der Waals surface area contributed by atoms with Crippen molar-refractivity contribution in [1.82, 2.24) is 0 Å². The van der Waals surface area contributed by atoms with Gasteiger partial charge in [-0.2, -0.15) is 0 Å². The summed E-state index contributed by atoms with van der Waals surface area (Å²) < 4.78 is 5.51. The maximum Gasteiger partial charge on any atom is 0.122 e. The molecule has 1 atom stereocenters. The second-order valence-electron chi connectivity index (χ2n) is 6.38. The van der Waals surface area contributed by atoms with E-state index in [1.54, 1.807) is 0 Å². The lowest BCUT2D eigenvalue weighted by Crippen LogP contribution is -2.34. The van der Waals surface area contributed by atoms with Crippen LogP contribution in [-0.2, 0) is 12.8 Å². The molecule has 1 unspecified atom stereocenters. The summed E-state index contributed by atoms with van der Waals surface area (Å²) in [6.07, 6.45) is 5.16. The second kappa shape index (κ2) is 3.99. The van der Waals surface area contributed by atoms with Gasteiger partial charge in [0, 0.05) is 6.42 Å². The van der Waals surface area contributed by atoms with Crippen LogP contribution in [0.1, 0.15) is 44.2 Å². The Kier molecular flexibility index (Phi) is 2.67. The topological polar surface area (TPSA) is 29.5 Å². The first-order chi connectivity index (χ1) is 8.50. The lowest BCUT2D eigenvalue weighted by molar-refractivity contribution is -0.0149. The highest BCUT2D eigenvalue weighted by Gasteiger charge is 2.51. The van der Waals surface area contributed by atoms with Gasteiger partial charge in [0.25, 0.3) is 0 Å². The molecular weight excluding hydrogens is 224 g/mol. The lowest BCUT2D eigenvalue weighted by atomic mass is 9.82. The Morgan fingerprint density at radius 1 is 1.39 bits per heavy atom. The summed E-state index contributed by atoms with van der Waals surface area (Å²) in [6.45, 7) is 5.01. The Labute approximate surface area is 109 Å². The molecule has 1 heterocycles. The van der Waals surface area contributed by atoms with Gasteiger partial charge >= 0.3 is 0 Å². The summed E-state index contributed by atoms with van der Waals surface area (Å²) in [5.74, 6) is 1.04. The fourth-order valence-electron chi connectivity index (χ4n) is 2.81. The fourth-order valence-corrected chi connectivity index (χ4v) is 2.81. The number of aryl methyl sites for hydroxylation is 1. The van der Waals surface area contributed by atoms with Gasteiger partial charge in [-0.3, -0.25) is 0 Å². The molecule has 0 saturated heterocycles. The van der Waals surface area contributed by atoms with Crippen molar-refractivity contribution < 1.29 is 9.84 Å². The number of hydrogen-bond donors (Lipinski definition) is 1. The number of hydrogen-bond acceptors (Lipinski definition) is 2. The van der Waals surface area contributed by atoms with Gasteiger partial charge in [0.15, 0.2) is 0 Å². The molecule has 1 aliphatic heterocycles. The van der Waals surface area contributed by atoms with Crippen molar-refractivity contribution >= 4 is 0 Å². The summed E-state index contributed by atoms with van der Waals surface area (Å²) in [6, 6.07) is 6.45. The van der Waals surface area contributed by atoms with E-state index in [-0.39, 0.29) is 5.41 Å². The zero-order chi connectivity index (χ0) is 12.8. The summed E-state index contributed by atoms with van der Waals surface area (Å²) in [4.78, 5) is 0. The SMILES string of the molecule is CC(O)(CCc1ccc2c(c1)CCO2)C1(C)CC1. The highest BCUT2D eigenvalue weighted by molar-refractivity contribution is 5.39. The largest absolute Gasteiger partial charge is 0.493 e. The third kappa shape index (κ3) is 2.03. The van der Waals surface area contributed by atoms with Crippen molar-refractivity contribution in [2.75, 3.05) is 6.61 Å². The minimum atomic E-state index is -0.525. The Morgan fingerprint density at radius 3 is 2.89 bits per heavy atom. The molecule has 98 valence electrons. The van der Waals surface area contributed by atoms with E-state index in [1.165, 1.54) is 11.1 Å². The molecule has 2 heteroatoms. The summed E-state index contributed by atoms with van der Waals surface area (Å²) in [5.41, 5.74) is 2.28. The maximum absolute atomic E-state index is 10.5. The smallest absolute Gasteiger partial charge is 0.122 e. The molecule has 1 N–H and O–H groups in total. The number of rotatable bonds is 4. The number of benzene rings is 1. The second-order valence-corrected chi connectivity index (χ2v) is 6.38. The van der Waals surface area contributed by atoms with Crippen LogP contribution in [0.15, 0.2) is 18.2 Å². The van der Waals surface area contributed by atoms with E-state index in [0.29, 0.717) is 0 Å². The number of aliphatic hydroxyl groups is 1. The zero-order valence-electron chi connectivity index (χ0n) is 11.3. The molecule has 1 aliphatic carbocycles. The Morgan fingerprint density at radius 2 is 2.17 bits per heavy atom. The number of fused-ring (bicyclic) bond motifs is 1. The van der Waals surface area contributed by atoms with Crippen molar-refractivity contribution in [3.05, 3.63) is 29.3 Å². The average Bonchev–Trinajstić information content (AvgIpc) is 2.94. The van der Waals surface area contributed by atoms with Crippen molar-refractivity contribution in [3.63, 3.8) is 0 Å². The van der Waals surface area contributed by atoms with Crippen LogP contribution < -0.4 is 4.74 Å². The van der Waals surface area contributed by atoms with Gasteiger partial charge in [-0.15, -0.1) is 0 Å². The third-order valence-electron chi connectivity index (χ3n) is 4.95. The molecule has 0 amide bonds. The predicted molar refractivity (Wildman–Crippen MR) is 71.9 cm³/mol. The van der Waals surface area contributed by atoms with Gasteiger partial charge in [-0.05, 0) is 55.2 Å². The normalized spacial score (nSPS) is 23.1. The molecule has 0 aromatic heterocycles. The monoisotopic (exact) mass is 246 g/mol. The molecule has 1 fully saturated rings. The van der Waals surface area contributed by atoms with Crippen LogP contribution in [-0.4, -0.2) is 17.3 Å². The van der Waals surface area contributed by atoms with Crippen LogP contribution in [0.2, 0.25) is 0 Å². The van der Waals surface area contributed by atoms with Crippen LogP contribution in [0.3, 0.4) is 0 Å². The summed E-state index contributed by atoms with van der Waals surface area (Å²) in [5, 5.41) is 10.5.